The van der Waals surface area contributed by atoms with E-state index in [9.17, 15) is 18.3 Å². The van der Waals surface area contributed by atoms with Gasteiger partial charge in [0.2, 0.25) is 0 Å². The molecule has 0 radical (unpaired) electrons. The maximum Gasteiger partial charge on any atom is 0.573 e. The molecule has 0 bridgehead atoms. The summed E-state index contributed by atoms with van der Waals surface area (Å²) in [7, 11) is 0. The van der Waals surface area contributed by atoms with Crippen LogP contribution in [0.4, 0.5) is 13.2 Å². The number of aliphatic hydroxyl groups is 1. The van der Waals surface area contributed by atoms with Crippen molar-refractivity contribution in [2.24, 2.45) is 5.73 Å². The molecule has 0 spiro atoms. The highest BCUT2D eigenvalue weighted by Crippen LogP contribution is 2.30. The molecule has 0 heterocycles. The fraction of sp³-hybridized carbons (Fsp3) is 0.400. The van der Waals surface area contributed by atoms with Crippen molar-refractivity contribution in [3.8, 4) is 5.75 Å². The van der Waals surface area contributed by atoms with Crippen molar-refractivity contribution in [2.75, 3.05) is 0 Å². The summed E-state index contributed by atoms with van der Waals surface area (Å²) in [5.74, 6) is -0.386. The van der Waals surface area contributed by atoms with Gasteiger partial charge in [0.15, 0.2) is 0 Å². The first kappa shape index (κ1) is 12.8. The monoisotopic (exact) mass is 235 g/mol. The Hall–Kier alpha value is -1.27. The van der Waals surface area contributed by atoms with E-state index in [1.165, 1.54) is 25.1 Å². The first-order valence-electron chi connectivity index (χ1n) is 4.59. The van der Waals surface area contributed by atoms with Crippen LogP contribution in [0.5, 0.6) is 5.75 Å². The molecule has 2 atom stereocenters. The molecule has 0 saturated heterocycles. The van der Waals surface area contributed by atoms with Crippen molar-refractivity contribution >= 4 is 0 Å². The summed E-state index contributed by atoms with van der Waals surface area (Å²) in [4.78, 5) is 0. The van der Waals surface area contributed by atoms with E-state index < -0.39 is 18.5 Å². The zero-order chi connectivity index (χ0) is 12.3. The van der Waals surface area contributed by atoms with Crippen LogP contribution in [0.3, 0.4) is 0 Å². The van der Waals surface area contributed by atoms with Gasteiger partial charge in [-0.05, 0) is 13.0 Å². The Morgan fingerprint density at radius 3 is 2.38 bits per heavy atom. The lowest BCUT2D eigenvalue weighted by molar-refractivity contribution is -0.275. The van der Waals surface area contributed by atoms with Gasteiger partial charge in [-0.3, -0.25) is 0 Å². The summed E-state index contributed by atoms with van der Waals surface area (Å²) in [5.41, 5.74) is 5.68. The van der Waals surface area contributed by atoms with Gasteiger partial charge in [-0.1, -0.05) is 18.2 Å². The number of rotatable bonds is 3. The summed E-state index contributed by atoms with van der Waals surface area (Å²) in [6, 6.07) is 4.56. The molecule has 1 aromatic rings. The number of hydrogen-bond acceptors (Lipinski definition) is 3. The molecular formula is C10H12F3NO2. The molecular weight excluding hydrogens is 223 g/mol. The molecule has 6 heteroatoms. The average Bonchev–Trinajstić information content (AvgIpc) is 2.15. The van der Waals surface area contributed by atoms with Crippen LogP contribution in [0.1, 0.15) is 18.5 Å². The maximum absolute atomic E-state index is 12.1. The number of alkyl halides is 3. The highest BCUT2D eigenvalue weighted by molar-refractivity contribution is 5.36. The molecule has 16 heavy (non-hydrogen) atoms. The molecule has 0 unspecified atom stereocenters. The van der Waals surface area contributed by atoms with Crippen molar-refractivity contribution < 1.29 is 23.0 Å². The summed E-state index contributed by atoms with van der Waals surface area (Å²) < 4.78 is 40.0. The second kappa shape index (κ2) is 4.71. The van der Waals surface area contributed by atoms with E-state index in [-0.39, 0.29) is 11.3 Å². The van der Waals surface area contributed by atoms with E-state index in [4.69, 9.17) is 5.73 Å². The van der Waals surface area contributed by atoms with E-state index in [0.29, 0.717) is 0 Å². The number of ether oxygens (including phenoxy) is 1. The average molecular weight is 235 g/mol. The summed E-state index contributed by atoms with van der Waals surface area (Å²) in [5, 5.41) is 9.24. The molecule has 0 aliphatic carbocycles. The Morgan fingerprint density at radius 1 is 1.31 bits per heavy atom. The summed E-state index contributed by atoms with van der Waals surface area (Å²) in [6.07, 6.45) is -5.73. The second-order valence-corrected chi connectivity index (χ2v) is 3.35. The molecule has 0 fully saturated rings. The molecule has 3 nitrogen and oxygen atoms in total. The predicted molar refractivity (Wildman–Crippen MR) is 51.7 cm³/mol. The smallest absolute Gasteiger partial charge is 0.405 e. The Morgan fingerprint density at radius 2 is 1.88 bits per heavy atom. The van der Waals surface area contributed by atoms with Crippen molar-refractivity contribution in [3.63, 3.8) is 0 Å². The van der Waals surface area contributed by atoms with Crippen molar-refractivity contribution in [1.29, 1.82) is 0 Å². The van der Waals surface area contributed by atoms with E-state index in [1.807, 2.05) is 0 Å². The second-order valence-electron chi connectivity index (χ2n) is 3.35. The van der Waals surface area contributed by atoms with Crippen molar-refractivity contribution in [3.05, 3.63) is 29.8 Å². The maximum atomic E-state index is 12.1. The van der Waals surface area contributed by atoms with Crippen LogP contribution >= 0.6 is 0 Å². The van der Waals surface area contributed by atoms with Gasteiger partial charge < -0.3 is 15.6 Å². The third kappa shape index (κ3) is 3.39. The summed E-state index contributed by atoms with van der Waals surface area (Å²) >= 11 is 0. The van der Waals surface area contributed by atoms with Crippen LogP contribution in [-0.4, -0.2) is 17.6 Å². The third-order valence-electron chi connectivity index (χ3n) is 2.02. The number of para-hydroxylation sites is 1. The van der Waals surface area contributed by atoms with Gasteiger partial charge in [-0.25, -0.2) is 0 Å². The van der Waals surface area contributed by atoms with Crippen molar-refractivity contribution in [2.45, 2.75) is 25.4 Å². The van der Waals surface area contributed by atoms with Gasteiger partial charge in [0, 0.05) is 5.56 Å². The Labute approximate surface area is 90.6 Å². The molecule has 1 rings (SSSR count). The minimum absolute atomic E-state index is 0.120. The van der Waals surface area contributed by atoms with Crippen LogP contribution in [0.2, 0.25) is 0 Å². The minimum atomic E-state index is -4.77. The van der Waals surface area contributed by atoms with Gasteiger partial charge in [-0.2, -0.15) is 0 Å². The highest BCUT2D eigenvalue weighted by atomic mass is 19.4. The minimum Gasteiger partial charge on any atom is -0.405 e. The largest absolute Gasteiger partial charge is 0.573 e. The van der Waals surface area contributed by atoms with Crippen LogP contribution < -0.4 is 10.5 Å². The molecule has 0 aromatic heterocycles. The SMILES string of the molecule is C[C@@H](O)[C@@H](N)c1ccccc1OC(F)(F)F. The number of benzene rings is 1. The lowest BCUT2D eigenvalue weighted by atomic mass is 10.0. The van der Waals surface area contributed by atoms with Crippen LogP contribution in [0.15, 0.2) is 24.3 Å². The van der Waals surface area contributed by atoms with Crippen molar-refractivity contribution in [1.82, 2.24) is 0 Å². The van der Waals surface area contributed by atoms with Crippen LogP contribution in [-0.2, 0) is 0 Å². The van der Waals surface area contributed by atoms with Gasteiger partial charge in [-0.15, -0.1) is 13.2 Å². The van der Waals surface area contributed by atoms with Gasteiger partial charge in [0.05, 0.1) is 12.1 Å². The predicted octanol–water partition coefficient (Wildman–Crippen LogP) is 1.97. The highest BCUT2D eigenvalue weighted by Gasteiger charge is 2.32. The number of hydrogen-bond donors (Lipinski definition) is 2. The topological polar surface area (TPSA) is 55.5 Å². The first-order valence-corrected chi connectivity index (χ1v) is 4.59. The van der Waals surface area contributed by atoms with Gasteiger partial charge in [0.25, 0.3) is 0 Å². The fourth-order valence-electron chi connectivity index (χ4n) is 1.23. The lowest BCUT2D eigenvalue weighted by Gasteiger charge is -2.19. The molecule has 0 aliphatic rings. The van der Waals surface area contributed by atoms with E-state index >= 15 is 0 Å². The molecule has 0 saturated carbocycles. The number of aliphatic hydroxyl groups excluding tert-OH is 1. The Balaban J connectivity index is 3.01. The van der Waals surface area contributed by atoms with E-state index in [2.05, 4.69) is 4.74 Å². The quantitative estimate of drug-likeness (QED) is 0.842. The fourth-order valence-corrected chi connectivity index (χ4v) is 1.23. The standard InChI is InChI=1S/C10H12F3NO2/c1-6(15)9(14)7-4-2-3-5-8(7)16-10(11,12)13/h2-6,9,15H,14H2,1H3/t6-,9-/m1/s1. The zero-order valence-electron chi connectivity index (χ0n) is 8.53. The third-order valence-corrected chi connectivity index (χ3v) is 2.02. The Bertz CT molecular complexity index is 352. The number of halogens is 3. The van der Waals surface area contributed by atoms with Gasteiger partial charge >= 0.3 is 6.36 Å². The van der Waals surface area contributed by atoms with E-state index in [1.54, 1.807) is 0 Å². The van der Waals surface area contributed by atoms with Crippen LogP contribution in [0.25, 0.3) is 0 Å². The molecule has 90 valence electrons. The first-order chi connectivity index (χ1) is 7.31. The lowest BCUT2D eigenvalue weighted by Crippen LogP contribution is -2.25. The molecule has 3 N–H and O–H groups in total. The van der Waals surface area contributed by atoms with E-state index in [0.717, 1.165) is 6.07 Å². The molecule has 0 amide bonds. The molecule has 1 aromatic carbocycles. The zero-order valence-corrected chi connectivity index (χ0v) is 8.53. The Kier molecular flexibility index (Phi) is 3.77. The normalized spacial score (nSPS) is 15.6. The molecule has 0 aliphatic heterocycles. The van der Waals surface area contributed by atoms with Crippen LogP contribution in [0, 0.1) is 0 Å². The number of nitrogens with two attached hydrogens (primary N) is 1. The van der Waals surface area contributed by atoms with Gasteiger partial charge in [0.1, 0.15) is 5.75 Å². The summed E-state index contributed by atoms with van der Waals surface area (Å²) in [6.45, 7) is 1.40.